The second kappa shape index (κ2) is 7.87. The van der Waals surface area contributed by atoms with E-state index in [0.717, 1.165) is 24.3 Å². The third kappa shape index (κ3) is 4.72. The Labute approximate surface area is 178 Å². The van der Waals surface area contributed by atoms with Gasteiger partial charge in [-0.2, -0.15) is 16.8 Å². The molecule has 0 aromatic heterocycles. The van der Waals surface area contributed by atoms with Gasteiger partial charge in [0.25, 0.3) is 20.2 Å². The Bertz CT molecular complexity index is 982. The van der Waals surface area contributed by atoms with Crippen molar-refractivity contribution in [3.63, 3.8) is 0 Å². The normalized spacial score (nSPS) is 11.4. The van der Waals surface area contributed by atoms with E-state index in [4.69, 9.17) is 9.11 Å². The molecule has 116 valence electrons. The molecule has 0 aliphatic heterocycles. The molecular weight excluding hydrogens is 372 g/mol. The molecule has 13 heteroatoms. The molecule has 2 aromatic carbocycles. The van der Waals surface area contributed by atoms with E-state index in [2.05, 4.69) is 5.18 Å². The summed E-state index contributed by atoms with van der Waals surface area (Å²) in [5.41, 5.74) is -0.679. The standard InChI is InChI=1S/C10H7NO8S2.2Na.2H/c12-10-8(21(17,18)19)4-5-3-6(20(14,15)16)1-2-7(5)9(10)11-13;;;;/h1-4,12H,(H,14,15,16)(H,17,18,19);;;;/q;2*+1;2*-1. The van der Waals surface area contributed by atoms with Gasteiger partial charge in [-0.25, -0.2) is 0 Å². The van der Waals surface area contributed by atoms with Crippen molar-refractivity contribution in [3.05, 3.63) is 29.2 Å². The fourth-order valence-corrected chi connectivity index (χ4v) is 2.91. The van der Waals surface area contributed by atoms with E-state index in [1.807, 2.05) is 0 Å². The van der Waals surface area contributed by atoms with Crippen LogP contribution in [0.25, 0.3) is 10.8 Å². The first-order valence-electron chi connectivity index (χ1n) is 5.14. The largest absolute Gasteiger partial charge is 1.00 e. The van der Waals surface area contributed by atoms with Crippen LogP contribution in [0.2, 0.25) is 0 Å². The number of hydrogen-bond acceptors (Lipinski definition) is 7. The summed E-state index contributed by atoms with van der Waals surface area (Å²) in [5.74, 6) is -1.06. The van der Waals surface area contributed by atoms with Crippen molar-refractivity contribution in [2.75, 3.05) is 0 Å². The van der Waals surface area contributed by atoms with Crippen molar-refractivity contribution in [2.45, 2.75) is 9.79 Å². The monoisotopic (exact) mass is 381 g/mol. The second-order valence-electron chi connectivity index (χ2n) is 4.00. The van der Waals surface area contributed by atoms with Gasteiger partial charge in [0.05, 0.1) is 4.90 Å². The van der Waals surface area contributed by atoms with Crippen LogP contribution in [0.3, 0.4) is 0 Å². The van der Waals surface area contributed by atoms with E-state index in [0.29, 0.717) is 0 Å². The molecule has 0 aliphatic carbocycles. The van der Waals surface area contributed by atoms with E-state index in [-0.39, 0.29) is 72.7 Å². The first kappa shape index (κ1) is 22.9. The van der Waals surface area contributed by atoms with Crippen LogP contribution in [0.5, 0.6) is 5.75 Å². The van der Waals surface area contributed by atoms with Crippen LogP contribution in [0.4, 0.5) is 5.69 Å². The van der Waals surface area contributed by atoms with Gasteiger partial charge >= 0.3 is 59.1 Å². The molecule has 9 nitrogen and oxygen atoms in total. The number of phenols is 1. The van der Waals surface area contributed by atoms with E-state index in [1.165, 1.54) is 0 Å². The molecule has 0 spiro atoms. The summed E-state index contributed by atoms with van der Waals surface area (Å²) in [6.07, 6.45) is 0. The van der Waals surface area contributed by atoms with E-state index in [9.17, 15) is 26.8 Å². The zero-order valence-electron chi connectivity index (χ0n) is 14.0. The molecule has 0 radical (unpaired) electrons. The first-order chi connectivity index (χ1) is 9.55. The first-order valence-corrected chi connectivity index (χ1v) is 8.02. The van der Waals surface area contributed by atoms with Gasteiger partial charge in [-0.3, -0.25) is 9.11 Å². The molecule has 23 heavy (non-hydrogen) atoms. The predicted molar refractivity (Wildman–Crippen MR) is 72.9 cm³/mol. The molecule has 0 saturated carbocycles. The summed E-state index contributed by atoms with van der Waals surface area (Å²) in [5, 5.41) is 11.9. The Morgan fingerprint density at radius 2 is 1.52 bits per heavy atom. The maximum absolute atomic E-state index is 11.1. The van der Waals surface area contributed by atoms with Crippen LogP contribution in [0.15, 0.2) is 39.2 Å². The quantitative estimate of drug-likeness (QED) is 0.273. The Morgan fingerprint density at radius 1 is 0.957 bits per heavy atom. The van der Waals surface area contributed by atoms with Gasteiger partial charge < -0.3 is 7.96 Å². The molecule has 2 aromatic rings. The van der Waals surface area contributed by atoms with Crippen LogP contribution >= 0.6 is 0 Å². The fraction of sp³-hybridized carbons (Fsp3) is 0. The molecule has 0 unspecified atom stereocenters. The number of nitrogens with zero attached hydrogens (tertiary/aromatic N) is 1. The van der Waals surface area contributed by atoms with Crippen molar-refractivity contribution in [2.24, 2.45) is 5.18 Å². The van der Waals surface area contributed by atoms with Crippen molar-refractivity contribution in [1.29, 1.82) is 0 Å². The third-order valence-corrected chi connectivity index (χ3v) is 4.41. The molecule has 3 N–H and O–H groups in total. The van der Waals surface area contributed by atoms with E-state index in [1.54, 1.807) is 0 Å². The van der Waals surface area contributed by atoms with Crippen LogP contribution in [-0.2, 0) is 20.2 Å². The van der Waals surface area contributed by atoms with Crippen LogP contribution in [0.1, 0.15) is 2.85 Å². The van der Waals surface area contributed by atoms with Crippen LogP contribution in [-0.4, -0.2) is 31.0 Å². The molecule has 0 saturated heterocycles. The summed E-state index contributed by atoms with van der Waals surface area (Å²) in [4.78, 5) is 9.19. The average Bonchev–Trinajstić information content (AvgIpc) is 2.35. The maximum Gasteiger partial charge on any atom is 1.00 e. The van der Waals surface area contributed by atoms with Crippen molar-refractivity contribution in [1.82, 2.24) is 0 Å². The predicted octanol–water partition coefficient (Wildman–Crippen LogP) is -4.33. The topological polar surface area (TPSA) is 158 Å². The average molecular weight is 381 g/mol. The number of aromatic hydroxyl groups is 1. The summed E-state index contributed by atoms with van der Waals surface area (Å²) in [7, 11) is -9.42. The van der Waals surface area contributed by atoms with E-state index >= 15 is 0 Å². The molecule has 2 rings (SSSR count). The Morgan fingerprint density at radius 3 is 1.96 bits per heavy atom. The Hall–Kier alpha value is -0.0800. The van der Waals surface area contributed by atoms with Gasteiger partial charge in [0, 0.05) is 5.39 Å². The number of fused-ring (bicyclic) bond motifs is 1. The van der Waals surface area contributed by atoms with Gasteiger partial charge in [-0.05, 0) is 28.8 Å². The fourth-order valence-electron chi connectivity index (χ4n) is 1.78. The zero-order chi connectivity index (χ0) is 16.0. The maximum atomic E-state index is 11.1. The molecule has 0 aliphatic rings. The molecule has 0 fully saturated rings. The molecule has 0 bridgehead atoms. The van der Waals surface area contributed by atoms with Crippen molar-refractivity contribution >= 4 is 36.7 Å². The number of phenolic OH excluding ortho intramolecular Hbond substituents is 1. The smallest absolute Gasteiger partial charge is 1.00 e. The number of hydrogen-bond donors (Lipinski definition) is 3. The summed E-state index contributed by atoms with van der Waals surface area (Å²) >= 11 is 0. The number of rotatable bonds is 3. The van der Waals surface area contributed by atoms with Gasteiger partial charge in [-0.1, -0.05) is 6.07 Å². The van der Waals surface area contributed by atoms with Crippen LogP contribution < -0.4 is 59.1 Å². The van der Waals surface area contributed by atoms with Gasteiger partial charge in [0.2, 0.25) is 0 Å². The minimum absolute atomic E-state index is 0. The second-order valence-corrected chi connectivity index (χ2v) is 6.81. The molecule has 0 heterocycles. The van der Waals surface area contributed by atoms with Gasteiger partial charge in [0.15, 0.2) is 11.4 Å². The van der Waals surface area contributed by atoms with Gasteiger partial charge in [0.1, 0.15) is 4.90 Å². The summed E-state index contributed by atoms with van der Waals surface area (Å²) in [6, 6.07) is 3.62. The van der Waals surface area contributed by atoms with Crippen molar-refractivity contribution in [3.8, 4) is 5.75 Å². The van der Waals surface area contributed by atoms with Gasteiger partial charge in [-0.15, -0.1) is 4.91 Å². The summed E-state index contributed by atoms with van der Waals surface area (Å²) < 4.78 is 62.2. The van der Waals surface area contributed by atoms with E-state index < -0.39 is 41.5 Å². The van der Waals surface area contributed by atoms with Crippen molar-refractivity contribution < 1.29 is 93.0 Å². The number of benzene rings is 2. The Kier molecular flexibility index (Phi) is 7.84. The molecule has 0 atom stereocenters. The summed E-state index contributed by atoms with van der Waals surface area (Å²) in [6.45, 7) is 0. The molecular formula is C10H9NNa2O8S2. The van der Waals surface area contributed by atoms with Crippen LogP contribution in [0, 0.1) is 4.91 Å². The SMILES string of the molecule is O=Nc1c(O)c(S(=O)(=O)O)cc2cc(S(=O)(=O)O)ccc12.[H-].[H-].[Na+].[Na+]. The number of nitroso groups, excluding NO2 is 1. The molecule has 0 amide bonds. The minimum atomic E-state index is -4.87. The minimum Gasteiger partial charge on any atom is -1.00 e. The third-order valence-electron chi connectivity index (χ3n) is 2.69. The zero-order valence-corrected chi connectivity index (χ0v) is 17.6. The Balaban J connectivity index is -0.00000121.